The molecule has 1 rings (SSSR count). The van der Waals surface area contributed by atoms with Crippen LogP contribution in [0.5, 0.6) is 0 Å². The Morgan fingerprint density at radius 2 is 2.12 bits per heavy atom. The molecular formula is C12H20N4S. The van der Waals surface area contributed by atoms with E-state index in [4.69, 9.17) is 18.0 Å². The van der Waals surface area contributed by atoms with Crippen LogP contribution in [0.25, 0.3) is 0 Å². The Kier molecular flexibility index (Phi) is 4.40. The molecule has 0 fully saturated rings. The van der Waals surface area contributed by atoms with Crippen LogP contribution in [-0.4, -0.2) is 20.5 Å². The predicted octanol–water partition coefficient (Wildman–Crippen LogP) is 2.41. The molecule has 1 aromatic heterocycles. The van der Waals surface area contributed by atoms with Crippen molar-refractivity contribution in [2.45, 2.75) is 46.1 Å². The van der Waals surface area contributed by atoms with Gasteiger partial charge in [-0.05, 0) is 33.3 Å². The van der Waals surface area contributed by atoms with Gasteiger partial charge in [-0.3, -0.25) is 0 Å². The summed E-state index contributed by atoms with van der Waals surface area (Å²) in [6.45, 7) is 8.31. The Bertz CT molecular complexity index is 415. The van der Waals surface area contributed by atoms with Crippen molar-refractivity contribution in [3.05, 3.63) is 17.5 Å². The molecule has 0 aliphatic rings. The molecule has 0 aliphatic carbocycles. The van der Waals surface area contributed by atoms with E-state index in [2.05, 4.69) is 36.1 Å². The number of aromatic nitrogens is 2. The third-order valence-corrected chi connectivity index (χ3v) is 2.64. The number of nitrogens with zero attached hydrogens (tertiary/aromatic N) is 2. The van der Waals surface area contributed by atoms with Gasteiger partial charge in [0.25, 0.3) is 0 Å². The molecule has 4 nitrogen and oxygen atoms in total. The maximum Gasteiger partial charge on any atom is 0.223 e. The van der Waals surface area contributed by atoms with Crippen LogP contribution >= 0.6 is 12.2 Å². The quantitative estimate of drug-likeness (QED) is 0.788. The lowest BCUT2D eigenvalue weighted by Crippen LogP contribution is -2.32. The van der Waals surface area contributed by atoms with Crippen LogP contribution in [0, 0.1) is 6.92 Å². The Morgan fingerprint density at radius 1 is 1.47 bits per heavy atom. The van der Waals surface area contributed by atoms with E-state index in [-0.39, 0.29) is 5.54 Å². The van der Waals surface area contributed by atoms with E-state index in [1.807, 2.05) is 6.92 Å². The monoisotopic (exact) mass is 252 g/mol. The van der Waals surface area contributed by atoms with Crippen molar-refractivity contribution in [1.82, 2.24) is 9.97 Å². The standard InChI is InChI=1S/C12H20N4S/c1-5-6-12(3,4)16-11-14-8(2)7-9(15-11)10(13)17/h7H,5-6H2,1-4H3,(H2,13,17)(H,14,15,16). The minimum absolute atomic E-state index is 0.0317. The second kappa shape index (κ2) is 5.40. The highest BCUT2D eigenvalue weighted by molar-refractivity contribution is 7.80. The van der Waals surface area contributed by atoms with Gasteiger partial charge < -0.3 is 11.1 Å². The summed E-state index contributed by atoms with van der Waals surface area (Å²) in [5, 5.41) is 3.32. The Hall–Kier alpha value is -1.23. The minimum atomic E-state index is -0.0317. The predicted molar refractivity (Wildman–Crippen MR) is 75.3 cm³/mol. The van der Waals surface area contributed by atoms with E-state index in [9.17, 15) is 0 Å². The lowest BCUT2D eigenvalue weighted by Gasteiger charge is -2.26. The number of aryl methyl sites for hydroxylation is 1. The van der Waals surface area contributed by atoms with Gasteiger partial charge in [0.2, 0.25) is 5.95 Å². The molecular weight excluding hydrogens is 232 g/mol. The third kappa shape index (κ3) is 4.26. The van der Waals surface area contributed by atoms with Crippen molar-refractivity contribution in [2.24, 2.45) is 5.73 Å². The molecule has 0 saturated carbocycles. The number of anilines is 1. The molecule has 17 heavy (non-hydrogen) atoms. The van der Waals surface area contributed by atoms with Crippen LogP contribution in [0.3, 0.4) is 0 Å². The van der Waals surface area contributed by atoms with Gasteiger partial charge >= 0.3 is 0 Å². The second-order valence-electron chi connectivity index (χ2n) is 4.84. The largest absolute Gasteiger partial charge is 0.388 e. The summed E-state index contributed by atoms with van der Waals surface area (Å²) in [6, 6.07) is 1.79. The van der Waals surface area contributed by atoms with Gasteiger partial charge in [-0.25, -0.2) is 9.97 Å². The molecule has 0 saturated heterocycles. The van der Waals surface area contributed by atoms with Crippen molar-refractivity contribution < 1.29 is 0 Å². The second-order valence-corrected chi connectivity index (χ2v) is 5.28. The number of nitrogens with two attached hydrogens (primary N) is 1. The molecule has 0 aliphatic heterocycles. The van der Waals surface area contributed by atoms with Crippen LogP contribution in [0.2, 0.25) is 0 Å². The normalized spacial score (nSPS) is 11.3. The van der Waals surface area contributed by atoms with Gasteiger partial charge in [0.05, 0.1) is 0 Å². The highest BCUT2D eigenvalue weighted by Gasteiger charge is 2.18. The molecule has 0 bridgehead atoms. The fraction of sp³-hybridized carbons (Fsp3) is 0.583. The maximum atomic E-state index is 5.59. The van der Waals surface area contributed by atoms with Gasteiger partial charge in [0, 0.05) is 11.2 Å². The van der Waals surface area contributed by atoms with Crippen molar-refractivity contribution in [2.75, 3.05) is 5.32 Å². The van der Waals surface area contributed by atoms with E-state index < -0.39 is 0 Å². The van der Waals surface area contributed by atoms with Crippen LogP contribution < -0.4 is 11.1 Å². The molecule has 0 unspecified atom stereocenters. The van der Waals surface area contributed by atoms with Crippen LogP contribution in [0.1, 0.15) is 45.0 Å². The first-order valence-corrected chi connectivity index (χ1v) is 6.18. The Labute approximate surface area is 108 Å². The summed E-state index contributed by atoms with van der Waals surface area (Å²) in [4.78, 5) is 8.96. The summed E-state index contributed by atoms with van der Waals surface area (Å²) >= 11 is 4.93. The molecule has 0 atom stereocenters. The summed E-state index contributed by atoms with van der Waals surface area (Å²) in [7, 11) is 0. The topological polar surface area (TPSA) is 63.8 Å². The smallest absolute Gasteiger partial charge is 0.223 e. The average Bonchev–Trinajstić information content (AvgIpc) is 2.15. The molecule has 3 N–H and O–H groups in total. The minimum Gasteiger partial charge on any atom is -0.388 e. The average molecular weight is 252 g/mol. The Morgan fingerprint density at radius 3 is 2.65 bits per heavy atom. The third-order valence-electron chi connectivity index (χ3n) is 2.43. The molecule has 94 valence electrons. The van der Waals surface area contributed by atoms with Gasteiger partial charge in [-0.2, -0.15) is 0 Å². The van der Waals surface area contributed by atoms with Crippen LogP contribution in [0.15, 0.2) is 6.07 Å². The number of hydrogen-bond acceptors (Lipinski definition) is 4. The SMILES string of the molecule is CCCC(C)(C)Nc1nc(C)cc(C(N)=S)n1. The van der Waals surface area contributed by atoms with Crippen molar-refractivity contribution in [3.8, 4) is 0 Å². The molecule has 0 radical (unpaired) electrons. The molecule has 1 heterocycles. The molecule has 0 aromatic carbocycles. The zero-order valence-corrected chi connectivity index (χ0v) is 11.7. The zero-order valence-electron chi connectivity index (χ0n) is 10.9. The van der Waals surface area contributed by atoms with E-state index >= 15 is 0 Å². The van der Waals surface area contributed by atoms with Crippen molar-refractivity contribution >= 4 is 23.2 Å². The highest BCUT2D eigenvalue weighted by atomic mass is 32.1. The first-order chi connectivity index (χ1) is 7.84. The molecule has 0 spiro atoms. The Balaban J connectivity index is 2.95. The van der Waals surface area contributed by atoms with E-state index in [0.29, 0.717) is 16.6 Å². The van der Waals surface area contributed by atoms with E-state index in [0.717, 1.165) is 18.5 Å². The highest BCUT2D eigenvalue weighted by Crippen LogP contribution is 2.17. The fourth-order valence-electron chi connectivity index (χ4n) is 1.74. The van der Waals surface area contributed by atoms with Crippen molar-refractivity contribution in [1.29, 1.82) is 0 Å². The maximum absolute atomic E-state index is 5.59. The lowest BCUT2D eigenvalue weighted by atomic mass is 9.99. The summed E-state index contributed by atoms with van der Waals surface area (Å²) in [6.07, 6.45) is 2.15. The van der Waals surface area contributed by atoms with E-state index in [1.54, 1.807) is 6.07 Å². The number of rotatable bonds is 5. The van der Waals surface area contributed by atoms with Gasteiger partial charge in [0.1, 0.15) is 10.7 Å². The molecule has 1 aromatic rings. The lowest BCUT2D eigenvalue weighted by molar-refractivity contribution is 0.506. The molecule has 0 amide bonds. The van der Waals surface area contributed by atoms with E-state index in [1.165, 1.54) is 0 Å². The molecule has 5 heteroatoms. The number of thiocarbonyl (C=S) groups is 1. The summed E-state index contributed by atoms with van der Waals surface area (Å²) in [5.74, 6) is 0.589. The van der Waals surface area contributed by atoms with Crippen LogP contribution in [-0.2, 0) is 0 Å². The van der Waals surface area contributed by atoms with Gasteiger partial charge in [-0.1, -0.05) is 25.6 Å². The van der Waals surface area contributed by atoms with Gasteiger partial charge in [0.15, 0.2) is 0 Å². The first kappa shape index (κ1) is 13.8. The van der Waals surface area contributed by atoms with Gasteiger partial charge in [-0.15, -0.1) is 0 Å². The summed E-state index contributed by atoms with van der Waals surface area (Å²) < 4.78 is 0. The summed E-state index contributed by atoms with van der Waals surface area (Å²) in [5.41, 5.74) is 7.03. The van der Waals surface area contributed by atoms with Crippen LogP contribution in [0.4, 0.5) is 5.95 Å². The van der Waals surface area contributed by atoms with Crippen molar-refractivity contribution in [3.63, 3.8) is 0 Å². The number of hydrogen-bond donors (Lipinski definition) is 2. The fourth-order valence-corrected chi connectivity index (χ4v) is 1.85. The zero-order chi connectivity index (χ0) is 13.1. The first-order valence-electron chi connectivity index (χ1n) is 5.78. The number of nitrogens with one attached hydrogen (secondary N) is 1.